The normalized spacial score (nSPS) is 11.8. The van der Waals surface area contributed by atoms with E-state index < -0.39 is 10.0 Å². The van der Waals surface area contributed by atoms with Gasteiger partial charge in [-0.05, 0) is 25.1 Å². The van der Waals surface area contributed by atoms with Crippen molar-refractivity contribution in [3.05, 3.63) is 102 Å². The van der Waals surface area contributed by atoms with Gasteiger partial charge < -0.3 is 4.42 Å². The molecule has 0 spiro atoms. The molecule has 0 aliphatic heterocycles. The topological polar surface area (TPSA) is 59.6 Å². The van der Waals surface area contributed by atoms with Gasteiger partial charge in [0.25, 0.3) is 10.0 Å². The Morgan fingerprint density at radius 2 is 1.38 bits per heavy atom. The quantitative estimate of drug-likeness (QED) is 0.401. The van der Waals surface area contributed by atoms with E-state index in [1.165, 1.54) is 6.21 Å². The summed E-state index contributed by atoms with van der Waals surface area (Å²) < 4.78 is 35.2. The number of hydrogen-bond donors (Lipinski definition) is 0. The van der Waals surface area contributed by atoms with Crippen molar-refractivity contribution in [2.24, 2.45) is 4.40 Å². The fourth-order valence-electron chi connectivity index (χ4n) is 2.96. The summed E-state index contributed by atoms with van der Waals surface area (Å²) in [5.41, 5.74) is 3.35. The minimum atomic E-state index is -3.80. The van der Waals surface area contributed by atoms with Crippen LogP contribution in [0.5, 0.6) is 0 Å². The zero-order valence-corrected chi connectivity index (χ0v) is 16.6. The van der Waals surface area contributed by atoms with Crippen LogP contribution in [-0.2, 0) is 10.0 Å². The summed E-state index contributed by atoms with van der Waals surface area (Å²) in [5, 5.41) is 0. The Balaban J connectivity index is 1.77. The summed E-state index contributed by atoms with van der Waals surface area (Å²) in [6, 6.07) is 27.7. The Morgan fingerprint density at radius 1 is 0.793 bits per heavy atom. The van der Waals surface area contributed by atoms with E-state index in [0.717, 1.165) is 16.7 Å². The second-order valence-electron chi connectivity index (χ2n) is 6.65. The van der Waals surface area contributed by atoms with Gasteiger partial charge in [-0.15, -0.1) is 0 Å². The molecule has 0 aliphatic rings. The molecule has 0 amide bonds. The highest BCUT2D eigenvalue weighted by Gasteiger charge is 2.16. The predicted molar refractivity (Wildman–Crippen MR) is 116 cm³/mol. The number of aryl methyl sites for hydroxylation is 1. The second kappa shape index (κ2) is 7.89. The molecule has 0 saturated carbocycles. The van der Waals surface area contributed by atoms with Crippen LogP contribution in [0, 0.1) is 6.92 Å². The Morgan fingerprint density at radius 3 is 2.00 bits per heavy atom. The van der Waals surface area contributed by atoms with E-state index in [1.807, 2.05) is 73.7 Å². The Labute approximate surface area is 170 Å². The third-order valence-corrected chi connectivity index (χ3v) is 5.76. The first kappa shape index (κ1) is 18.9. The predicted octanol–water partition coefficient (Wildman–Crippen LogP) is 5.73. The third kappa shape index (κ3) is 4.20. The van der Waals surface area contributed by atoms with Crippen LogP contribution >= 0.6 is 0 Å². The van der Waals surface area contributed by atoms with E-state index in [0.29, 0.717) is 17.1 Å². The molecule has 0 saturated heterocycles. The molecule has 0 radical (unpaired) electrons. The van der Waals surface area contributed by atoms with E-state index in [9.17, 15) is 8.42 Å². The van der Waals surface area contributed by atoms with Crippen LogP contribution in [-0.4, -0.2) is 14.6 Å². The molecule has 0 unspecified atom stereocenters. The van der Waals surface area contributed by atoms with Crippen LogP contribution in [0.3, 0.4) is 0 Å². The van der Waals surface area contributed by atoms with Crippen molar-refractivity contribution in [1.82, 2.24) is 0 Å². The lowest BCUT2D eigenvalue weighted by Gasteiger charge is -2.00. The Kier molecular flexibility index (Phi) is 5.14. The smallest absolute Gasteiger partial charge is 0.282 e. The molecule has 1 heterocycles. The van der Waals surface area contributed by atoms with E-state index in [1.54, 1.807) is 24.3 Å². The molecule has 144 valence electrons. The molecular formula is C24H19NO3S. The standard InChI is InChI=1S/C24H19NO3S/c1-18-12-14-22(15-13-18)29(26,27)25-17-21-16-23(19-8-4-2-5-9-19)28-24(21)20-10-6-3-7-11-20/h2-17H,1H3/b25-17+. The third-order valence-electron chi connectivity index (χ3n) is 4.50. The van der Waals surface area contributed by atoms with Gasteiger partial charge in [-0.3, -0.25) is 0 Å². The number of hydrogen-bond acceptors (Lipinski definition) is 3. The highest BCUT2D eigenvalue weighted by Crippen LogP contribution is 2.32. The van der Waals surface area contributed by atoms with Crippen molar-refractivity contribution in [3.8, 4) is 22.6 Å². The zero-order valence-electron chi connectivity index (χ0n) is 15.8. The van der Waals surface area contributed by atoms with Crippen molar-refractivity contribution in [3.63, 3.8) is 0 Å². The number of sulfonamides is 1. The van der Waals surface area contributed by atoms with Crippen molar-refractivity contribution in [2.45, 2.75) is 11.8 Å². The van der Waals surface area contributed by atoms with E-state index in [-0.39, 0.29) is 4.90 Å². The minimum Gasteiger partial charge on any atom is -0.455 e. The minimum absolute atomic E-state index is 0.160. The van der Waals surface area contributed by atoms with Crippen LogP contribution in [0.2, 0.25) is 0 Å². The van der Waals surface area contributed by atoms with Crippen molar-refractivity contribution in [2.75, 3.05) is 0 Å². The lowest BCUT2D eigenvalue weighted by Crippen LogP contribution is -1.98. The van der Waals surface area contributed by atoms with Gasteiger partial charge in [-0.25, -0.2) is 0 Å². The molecule has 0 N–H and O–H groups in total. The molecule has 29 heavy (non-hydrogen) atoms. The first-order valence-corrected chi connectivity index (χ1v) is 10.6. The van der Waals surface area contributed by atoms with Crippen LogP contribution in [0.4, 0.5) is 0 Å². The highest BCUT2D eigenvalue weighted by atomic mass is 32.2. The van der Waals surface area contributed by atoms with Gasteiger partial charge in [0.05, 0.1) is 11.1 Å². The molecule has 4 rings (SSSR count). The number of nitrogens with zero attached hydrogens (tertiary/aromatic N) is 1. The maximum atomic E-state index is 12.6. The Bertz CT molecular complexity index is 1240. The van der Waals surface area contributed by atoms with Gasteiger partial charge in [0.2, 0.25) is 0 Å². The van der Waals surface area contributed by atoms with Crippen LogP contribution in [0.1, 0.15) is 11.1 Å². The number of furan rings is 1. The van der Waals surface area contributed by atoms with E-state index in [4.69, 9.17) is 4.42 Å². The molecule has 4 aromatic rings. The Hall–Kier alpha value is -3.44. The van der Waals surface area contributed by atoms with E-state index >= 15 is 0 Å². The molecule has 4 nitrogen and oxygen atoms in total. The molecule has 0 aliphatic carbocycles. The monoisotopic (exact) mass is 401 g/mol. The average molecular weight is 401 g/mol. The van der Waals surface area contributed by atoms with Gasteiger partial charge in [-0.1, -0.05) is 78.4 Å². The number of rotatable bonds is 5. The van der Waals surface area contributed by atoms with E-state index in [2.05, 4.69) is 4.40 Å². The zero-order chi connectivity index (χ0) is 20.3. The molecule has 0 fully saturated rings. The fourth-order valence-corrected chi connectivity index (χ4v) is 3.81. The van der Waals surface area contributed by atoms with Crippen molar-refractivity contribution >= 4 is 16.2 Å². The lowest BCUT2D eigenvalue weighted by molar-refractivity contribution is 0.597. The van der Waals surface area contributed by atoms with Crippen LogP contribution in [0.15, 0.2) is 105 Å². The SMILES string of the molecule is Cc1ccc(S(=O)(=O)/N=C/c2cc(-c3ccccc3)oc2-c2ccccc2)cc1. The summed E-state index contributed by atoms with van der Waals surface area (Å²) in [6.07, 6.45) is 1.35. The summed E-state index contributed by atoms with van der Waals surface area (Å²) in [4.78, 5) is 0.160. The van der Waals surface area contributed by atoms with Crippen molar-refractivity contribution in [1.29, 1.82) is 0 Å². The van der Waals surface area contributed by atoms with Crippen LogP contribution < -0.4 is 0 Å². The number of benzene rings is 3. The van der Waals surface area contributed by atoms with Gasteiger partial charge in [-0.2, -0.15) is 12.8 Å². The summed E-state index contributed by atoms with van der Waals surface area (Å²) in [7, 11) is -3.80. The van der Waals surface area contributed by atoms with Gasteiger partial charge >= 0.3 is 0 Å². The molecule has 0 bridgehead atoms. The van der Waals surface area contributed by atoms with Gasteiger partial charge in [0.1, 0.15) is 11.5 Å². The molecule has 3 aromatic carbocycles. The molecule has 1 aromatic heterocycles. The molecule has 0 atom stereocenters. The second-order valence-corrected chi connectivity index (χ2v) is 8.28. The van der Waals surface area contributed by atoms with Crippen molar-refractivity contribution < 1.29 is 12.8 Å². The molecular weight excluding hydrogens is 382 g/mol. The van der Waals surface area contributed by atoms with Gasteiger partial charge in [0, 0.05) is 16.7 Å². The average Bonchev–Trinajstić information content (AvgIpc) is 3.18. The lowest BCUT2D eigenvalue weighted by atomic mass is 10.1. The maximum Gasteiger partial charge on any atom is 0.282 e. The van der Waals surface area contributed by atoms with Gasteiger partial charge in [0.15, 0.2) is 0 Å². The first-order valence-electron chi connectivity index (χ1n) is 9.15. The largest absolute Gasteiger partial charge is 0.455 e. The highest BCUT2D eigenvalue weighted by molar-refractivity contribution is 7.90. The fraction of sp³-hybridized carbons (Fsp3) is 0.0417. The van der Waals surface area contributed by atoms with Crippen LogP contribution in [0.25, 0.3) is 22.6 Å². The molecule has 5 heteroatoms. The summed E-state index contributed by atoms with van der Waals surface area (Å²) in [5.74, 6) is 1.23. The summed E-state index contributed by atoms with van der Waals surface area (Å²) >= 11 is 0. The summed E-state index contributed by atoms with van der Waals surface area (Å²) in [6.45, 7) is 1.91. The maximum absolute atomic E-state index is 12.6. The first-order chi connectivity index (χ1) is 14.0.